The van der Waals surface area contributed by atoms with Gasteiger partial charge < -0.3 is 9.84 Å². The first-order valence-corrected chi connectivity index (χ1v) is 8.99. The fraction of sp³-hybridized carbons (Fsp3) is 0.500. The number of urea groups is 1. The molecule has 7 nitrogen and oxygen atoms in total. The van der Waals surface area contributed by atoms with E-state index in [9.17, 15) is 9.59 Å². The van der Waals surface area contributed by atoms with Gasteiger partial charge in [0, 0.05) is 0 Å². The molecule has 2 atom stereocenters. The number of amides is 3. The lowest BCUT2D eigenvalue weighted by molar-refractivity contribution is -0.134. The third-order valence-corrected chi connectivity index (χ3v) is 5.87. The third-order valence-electron chi connectivity index (χ3n) is 5.00. The number of nitrogens with zero attached hydrogens (tertiary/aromatic N) is 3. The molecular formula is C16H18N4O3S. The molecule has 1 saturated carbocycles. The molecule has 2 aromatic heterocycles. The zero-order valence-corrected chi connectivity index (χ0v) is 14.1. The molecule has 0 unspecified atom stereocenters. The van der Waals surface area contributed by atoms with E-state index in [2.05, 4.69) is 15.5 Å². The van der Waals surface area contributed by atoms with Crippen LogP contribution in [0.3, 0.4) is 0 Å². The van der Waals surface area contributed by atoms with Crippen LogP contribution >= 0.6 is 11.3 Å². The Balaban J connectivity index is 1.55. The van der Waals surface area contributed by atoms with Gasteiger partial charge in [-0.2, -0.15) is 4.98 Å². The Morgan fingerprint density at radius 3 is 3.08 bits per heavy atom. The maximum atomic E-state index is 12.9. The van der Waals surface area contributed by atoms with Gasteiger partial charge in [-0.05, 0) is 30.2 Å². The summed E-state index contributed by atoms with van der Waals surface area (Å²) in [5.74, 6) is 0.711. The fourth-order valence-corrected chi connectivity index (χ4v) is 4.25. The Labute approximate surface area is 143 Å². The quantitative estimate of drug-likeness (QED) is 0.863. The molecule has 1 saturated heterocycles. The first kappa shape index (κ1) is 15.3. The van der Waals surface area contributed by atoms with E-state index in [1.807, 2.05) is 24.4 Å². The molecule has 3 heterocycles. The second-order valence-electron chi connectivity index (χ2n) is 6.43. The van der Waals surface area contributed by atoms with Gasteiger partial charge in [0.05, 0.1) is 4.88 Å². The average molecular weight is 346 g/mol. The zero-order chi connectivity index (χ0) is 16.7. The summed E-state index contributed by atoms with van der Waals surface area (Å²) in [6.45, 7) is 2.04. The molecule has 1 aliphatic carbocycles. The Morgan fingerprint density at radius 1 is 1.46 bits per heavy atom. The minimum Gasteiger partial charge on any atom is -0.337 e. The molecule has 1 aliphatic heterocycles. The Morgan fingerprint density at radius 2 is 2.33 bits per heavy atom. The van der Waals surface area contributed by atoms with Crippen LogP contribution in [-0.4, -0.2) is 32.5 Å². The number of carbonyl (C=O) groups is 2. The molecule has 0 radical (unpaired) electrons. The van der Waals surface area contributed by atoms with Crippen LogP contribution in [0.25, 0.3) is 10.7 Å². The topological polar surface area (TPSA) is 88.3 Å². The molecule has 1 spiro atoms. The van der Waals surface area contributed by atoms with Gasteiger partial charge in [0.15, 0.2) is 0 Å². The van der Waals surface area contributed by atoms with Crippen LogP contribution in [0.5, 0.6) is 0 Å². The van der Waals surface area contributed by atoms with Crippen LogP contribution < -0.4 is 5.32 Å². The van der Waals surface area contributed by atoms with Crippen molar-refractivity contribution >= 4 is 23.3 Å². The number of carbonyl (C=O) groups excluding carboxylic acids is 2. The molecule has 2 aliphatic rings. The molecule has 0 aromatic carbocycles. The number of thiophene rings is 1. The number of aromatic nitrogens is 2. The van der Waals surface area contributed by atoms with Crippen molar-refractivity contribution in [3.8, 4) is 10.7 Å². The van der Waals surface area contributed by atoms with Crippen molar-refractivity contribution < 1.29 is 14.1 Å². The highest BCUT2D eigenvalue weighted by molar-refractivity contribution is 7.13. The summed E-state index contributed by atoms with van der Waals surface area (Å²) in [4.78, 5) is 31.6. The van der Waals surface area contributed by atoms with Gasteiger partial charge >= 0.3 is 6.03 Å². The molecule has 8 heteroatoms. The molecule has 24 heavy (non-hydrogen) atoms. The van der Waals surface area contributed by atoms with Gasteiger partial charge in [-0.15, -0.1) is 11.3 Å². The highest BCUT2D eigenvalue weighted by atomic mass is 32.1. The van der Waals surface area contributed by atoms with E-state index in [1.165, 1.54) is 16.2 Å². The second-order valence-corrected chi connectivity index (χ2v) is 7.38. The number of nitrogens with one attached hydrogen (secondary N) is 1. The van der Waals surface area contributed by atoms with Crippen LogP contribution in [-0.2, 0) is 11.3 Å². The van der Waals surface area contributed by atoms with Crippen LogP contribution in [0.1, 0.15) is 38.5 Å². The van der Waals surface area contributed by atoms with Crippen molar-refractivity contribution in [2.45, 2.75) is 44.7 Å². The monoisotopic (exact) mass is 346 g/mol. The predicted molar refractivity (Wildman–Crippen MR) is 87.1 cm³/mol. The molecule has 1 N–H and O–H groups in total. The molecular weight excluding hydrogens is 328 g/mol. The maximum Gasteiger partial charge on any atom is 0.325 e. The lowest BCUT2D eigenvalue weighted by Gasteiger charge is -2.36. The normalized spacial score (nSPS) is 27.0. The lowest BCUT2D eigenvalue weighted by atomic mass is 9.73. The van der Waals surface area contributed by atoms with Crippen molar-refractivity contribution in [2.24, 2.45) is 5.92 Å². The lowest BCUT2D eigenvalue weighted by Crippen LogP contribution is -2.53. The second kappa shape index (κ2) is 5.70. The molecule has 4 rings (SSSR count). The standard InChI is InChI=1S/C16H18N4O3S/c1-10-5-2-3-7-16(10)14(21)20(15(22)18-16)9-12-17-13(19-23-12)11-6-4-8-24-11/h4,6,8,10H,2-3,5,7,9H2,1H3,(H,18,22)/t10-,16-/m0/s1. The predicted octanol–water partition coefficient (Wildman–Crippen LogP) is 2.80. The van der Waals surface area contributed by atoms with Gasteiger partial charge in [-0.25, -0.2) is 4.79 Å². The number of hydrogen-bond donors (Lipinski definition) is 1. The SMILES string of the molecule is C[C@H]1CCCC[C@]12NC(=O)N(Cc1nc(-c3cccs3)no1)C2=O. The van der Waals surface area contributed by atoms with Crippen molar-refractivity contribution in [1.82, 2.24) is 20.4 Å². The first-order valence-electron chi connectivity index (χ1n) is 8.11. The fourth-order valence-electron chi connectivity index (χ4n) is 3.60. The van der Waals surface area contributed by atoms with Crippen LogP contribution in [0, 0.1) is 5.92 Å². The van der Waals surface area contributed by atoms with E-state index >= 15 is 0 Å². The molecule has 0 bridgehead atoms. The van der Waals surface area contributed by atoms with Crippen LogP contribution in [0.15, 0.2) is 22.0 Å². The van der Waals surface area contributed by atoms with Crippen LogP contribution in [0.4, 0.5) is 4.79 Å². The minimum atomic E-state index is -0.758. The summed E-state index contributed by atoms with van der Waals surface area (Å²) in [5.41, 5.74) is -0.758. The Kier molecular flexibility index (Phi) is 3.64. The largest absolute Gasteiger partial charge is 0.337 e. The molecule has 2 aromatic rings. The van der Waals surface area contributed by atoms with Gasteiger partial charge in [0.25, 0.3) is 5.91 Å². The highest BCUT2D eigenvalue weighted by Crippen LogP contribution is 2.38. The molecule has 126 valence electrons. The van der Waals surface area contributed by atoms with E-state index in [0.29, 0.717) is 12.2 Å². The summed E-state index contributed by atoms with van der Waals surface area (Å²) in [7, 11) is 0. The van der Waals surface area contributed by atoms with E-state index in [4.69, 9.17) is 4.52 Å². The third kappa shape index (κ3) is 2.32. The smallest absolute Gasteiger partial charge is 0.325 e. The van der Waals surface area contributed by atoms with E-state index in [0.717, 1.165) is 24.1 Å². The van der Waals surface area contributed by atoms with E-state index in [-0.39, 0.29) is 30.3 Å². The van der Waals surface area contributed by atoms with Crippen LogP contribution in [0.2, 0.25) is 0 Å². The summed E-state index contributed by atoms with van der Waals surface area (Å²) >= 11 is 1.51. The van der Waals surface area contributed by atoms with Gasteiger partial charge in [-0.3, -0.25) is 9.69 Å². The van der Waals surface area contributed by atoms with Crippen molar-refractivity contribution in [1.29, 1.82) is 0 Å². The number of hydrogen-bond acceptors (Lipinski definition) is 6. The van der Waals surface area contributed by atoms with E-state index < -0.39 is 5.54 Å². The average Bonchev–Trinajstić information content (AvgIpc) is 3.28. The summed E-state index contributed by atoms with van der Waals surface area (Å²) < 4.78 is 5.22. The maximum absolute atomic E-state index is 12.9. The molecule has 3 amide bonds. The Bertz CT molecular complexity index is 772. The number of imide groups is 1. The zero-order valence-electron chi connectivity index (χ0n) is 13.3. The first-order chi connectivity index (χ1) is 11.6. The van der Waals surface area contributed by atoms with Crippen molar-refractivity contribution in [2.75, 3.05) is 0 Å². The highest BCUT2D eigenvalue weighted by Gasteiger charge is 2.55. The summed E-state index contributed by atoms with van der Waals surface area (Å²) in [5, 5.41) is 8.78. The van der Waals surface area contributed by atoms with Gasteiger partial charge in [0.2, 0.25) is 11.7 Å². The van der Waals surface area contributed by atoms with Crippen molar-refractivity contribution in [3.05, 3.63) is 23.4 Å². The minimum absolute atomic E-state index is 0.0114. The summed E-state index contributed by atoms with van der Waals surface area (Å²) in [6.07, 6.45) is 3.69. The van der Waals surface area contributed by atoms with E-state index in [1.54, 1.807) is 0 Å². The van der Waals surface area contributed by atoms with Gasteiger partial charge in [0.1, 0.15) is 12.1 Å². The number of rotatable bonds is 3. The van der Waals surface area contributed by atoms with Crippen molar-refractivity contribution in [3.63, 3.8) is 0 Å². The summed E-state index contributed by atoms with van der Waals surface area (Å²) in [6, 6.07) is 3.43. The molecule has 2 fully saturated rings. The van der Waals surface area contributed by atoms with Gasteiger partial charge in [-0.1, -0.05) is 31.0 Å². The Hall–Kier alpha value is -2.22.